The van der Waals surface area contributed by atoms with E-state index in [2.05, 4.69) is 24.0 Å². The number of hydrogen-bond donors (Lipinski definition) is 1. The van der Waals surface area contributed by atoms with Crippen LogP contribution in [0.1, 0.15) is 29.1 Å². The summed E-state index contributed by atoms with van der Waals surface area (Å²) in [5, 5.41) is 0. The largest absolute Gasteiger partial charge is 0.326 e. The van der Waals surface area contributed by atoms with Crippen LogP contribution >= 0.6 is 11.3 Å². The van der Waals surface area contributed by atoms with E-state index in [1.165, 1.54) is 9.75 Å². The standard InChI is InChI=1S/C13H22N2O2S2/c1-9-4-5-12(18-9)13(10(2)14)15(3)11-6-7-19(16,17)8-11/h4-5,10-11,13H,6-8,14H2,1-3H3. The highest BCUT2D eigenvalue weighted by molar-refractivity contribution is 7.91. The lowest BCUT2D eigenvalue weighted by Crippen LogP contribution is -2.43. The van der Waals surface area contributed by atoms with Gasteiger partial charge in [-0.15, -0.1) is 11.3 Å². The van der Waals surface area contributed by atoms with Crippen molar-refractivity contribution in [1.82, 2.24) is 4.90 Å². The number of hydrogen-bond acceptors (Lipinski definition) is 5. The summed E-state index contributed by atoms with van der Waals surface area (Å²) in [7, 11) is -0.861. The molecule has 0 radical (unpaired) electrons. The van der Waals surface area contributed by atoms with Gasteiger partial charge in [0, 0.05) is 21.8 Å². The van der Waals surface area contributed by atoms with Gasteiger partial charge >= 0.3 is 0 Å². The number of thiophene rings is 1. The van der Waals surface area contributed by atoms with Crippen molar-refractivity contribution in [2.75, 3.05) is 18.6 Å². The van der Waals surface area contributed by atoms with Crippen molar-refractivity contribution in [2.24, 2.45) is 5.73 Å². The van der Waals surface area contributed by atoms with Crippen molar-refractivity contribution < 1.29 is 8.42 Å². The number of likely N-dealkylation sites (N-methyl/N-ethyl adjacent to an activating group) is 1. The topological polar surface area (TPSA) is 63.4 Å². The van der Waals surface area contributed by atoms with Gasteiger partial charge in [0.05, 0.1) is 17.5 Å². The zero-order valence-electron chi connectivity index (χ0n) is 11.7. The van der Waals surface area contributed by atoms with E-state index in [1.54, 1.807) is 11.3 Å². The second-order valence-electron chi connectivity index (χ2n) is 5.47. The van der Waals surface area contributed by atoms with Gasteiger partial charge in [-0.2, -0.15) is 0 Å². The quantitative estimate of drug-likeness (QED) is 0.917. The molecule has 1 aliphatic heterocycles. The fraction of sp³-hybridized carbons (Fsp3) is 0.692. The Balaban J connectivity index is 2.20. The average Bonchev–Trinajstić information content (AvgIpc) is 2.84. The van der Waals surface area contributed by atoms with Gasteiger partial charge in [0.1, 0.15) is 0 Å². The molecular formula is C13H22N2O2S2. The highest BCUT2D eigenvalue weighted by Crippen LogP contribution is 2.32. The molecule has 1 aromatic rings. The summed E-state index contributed by atoms with van der Waals surface area (Å²) in [6, 6.07) is 4.36. The van der Waals surface area contributed by atoms with Gasteiger partial charge in [-0.05, 0) is 39.4 Å². The van der Waals surface area contributed by atoms with Gasteiger partial charge in [-0.1, -0.05) is 0 Å². The monoisotopic (exact) mass is 302 g/mol. The van der Waals surface area contributed by atoms with Crippen LogP contribution in [0.15, 0.2) is 12.1 Å². The Morgan fingerprint density at radius 3 is 2.58 bits per heavy atom. The molecule has 0 aromatic carbocycles. The minimum absolute atomic E-state index is 0.0219. The van der Waals surface area contributed by atoms with Crippen LogP contribution in [0.3, 0.4) is 0 Å². The van der Waals surface area contributed by atoms with Crippen molar-refractivity contribution in [3.63, 3.8) is 0 Å². The first kappa shape index (κ1) is 15.0. The fourth-order valence-corrected chi connectivity index (χ4v) is 5.70. The molecule has 0 aliphatic carbocycles. The molecule has 1 saturated heterocycles. The molecule has 6 heteroatoms. The van der Waals surface area contributed by atoms with E-state index in [1.807, 2.05) is 14.0 Å². The first-order valence-electron chi connectivity index (χ1n) is 6.54. The van der Waals surface area contributed by atoms with Crippen LogP contribution in [0.2, 0.25) is 0 Å². The Hall–Kier alpha value is -0.430. The van der Waals surface area contributed by atoms with Gasteiger partial charge in [0.15, 0.2) is 9.84 Å². The Labute approximate surface area is 119 Å². The van der Waals surface area contributed by atoms with Crippen molar-refractivity contribution >= 4 is 21.2 Å². The SMILES string of the molecule is Cc1ccc(C(C(C)N)N(C)C2CCS(=O)(=O)C2)s1. The number of rotatable bonds is 4. The highest BCUT2D eigenvalue weighted by atomic mass is 32.2. The molecule has 19 heavy (non-hydrogen) atoms. The predicted octanol–water partition coefficient (Wildman–Crippen LogP) is 1.56. The summed E-state index contributed by atoms with van der Waals surface area (Å²) in [5.74, 6) is 0.564. The third-order valence-corrected chi connectivity index (χ3v) is 6.60. The van der Waals surface area contributed by atoms with Crippen molar-refractivity contribution in [2.45, 2.75) is 38.4 Å². The van der Waals surface area contributed by atoms with Crippen molar-refractivity contribution in [3.05, 3.63) is 21.9 Å². The predicted molar refractivity (Wildman–Crippen MR) is 80.3 cm³/mol. The molecule has 1 fully saturated rings. The van der Waals surface area contributed by atoms with Gasteiger partial charge in [0.25, 0.3) is 0 Å². The van der Waals surface area contributed by atoms with E-state index < -0.39 is 9.84 Å². The van der Waals surface area contributed by atoms with E-state index in [9.17, 15) is 8.42 Å². The first-order valence-corrected chi connectivity index (χ1v) is 9.18. The number of aryl methyl sites for hydroxylation is 1. The van der Waals surface area contributed by atoms with E-state index >= 15 is 0 Å². The molecule has 2 rings (SSSR count). The van der Waals surface area contributed by atoms with Crippen LogP contribution in [0, 0.1) is 6.92 Å². The second-order valence-corrected chi connectivity index (χ2v) is 9.02. The molecule has 0 amide bonds. The molecule has 4 nitrogen and oxygen atoms in total. The molecule has 0 saturated carbocycles. The van der Waals surface area contributed by atoms with E-state index in [-0.39, 0.29) is 23.9 Å². The smallest absolute Gasteiger partial charge is 0.151 e. The van der Waals surface area contributed by atoms with Crippen molar-refractivity contribution in [1.29, 1.82) is 0 Å². The molecule has 3 unspecified atom stereocenters. The highest BCUT2D eigenvalue weighted by Gasteiger charge is 2.35. The number of nitrogens with zero attached hydrogens (tertiary/aromatic N) is 1. The lowest BCUT2D eigenvalue weighted by atomic mass is 10.0. The Kier molecular flexibility index (Phi) is 4.35. The molecule has 3 atom stereocenters. The van der Waals surface area contributed by atoms with E-state index in [0.29, 0.717) is 12.2 Å². The van der Waals surface area contributed by atoms with Crippen LogP contribution in [-0.4, -0.2) is 44.0 Å². The van der Waals surface area contributed by atoms with Crippen LogP contribution < -0.4 is 5.73 Å². The summed E-state index contributed by atoms with van der Waals surface area (Å²) in [6.45, 7) is 4.06. The lowest BCUT2D eigenvalue weighted by Gasteiger charge is -2.34. The molecule has 1 aromatic heterocycles. The summed E-state index contributed by atoms with van der Waals surface area (Å²) in [4.78, 5) is 4.63. The van der Waals surface area contributed by atoms with Crippen LogP contribution in [0.4, 0.5) is 0 Å². The van der Waals surface area contributed by atoms with E-state index in [4.69, 9.17) is 5.73 Å². The number of sulfone groups is 1. The average molecular weight is 302 g/mol. The zero-order valence-corrected chi connectivity index (χ0v) is 13.3. The molecule has 0 spiro atoms. The third kappa shape index (κ3) is 3.37. The Bertz CT molecular complexity index is 537. The molecule has 2 heterocycles. The maximum Gasteiger partial charge on any atom is 0.151 e. The fourth-order valence-electron chi connectivity index (χ4n) is 2.77. The van der Waals surface area contributed by atoms with Crippen LogP contribution in [0.5, 0.6) is 0 Å². The van der Waals surface area contributed by atoms with Gasteiger partial charge in [0.2, 0.25) is 0 Å². The maximum atomic E-state index is 11.6. The lowest BCUT2D eigenvalue weighted by molar-refractivity contribution is 0.171. The third-order valence-electron chi connectivity index (χ3n) is 3.77. The Morgan fingerprint density at radius 1 is 1.47 bits per heavy atom. The molecule has 108 valence electrons. The maximum absolute atomic E-state index is 11.6. The zero-order chi connectivity index (χ0) is 14.2. The van der Waals surface area contributed by atoms with Gasteiger partial charge < -0.3 is 5.73 Å². The summed E-state index contributed by atoms with van der Waals surface area (Å²) in [5.41, 5.74) is 6.13. The molecule has 0 bridgehead atoms. The molecule has 2 N–H and O–H groups in total. The summed E-state index contributed by atoms with van der Waals surface area (Å²) < 4.78 is 23.2. The minimum Gasteiger partial charge on any atom is -0.326 e. The van der Waals surface area contributed by atoms with Crippen molar-refractivity contribution in [3.8, 4) is 0 Å². The van der Waals surface area contributed by atoms with Gasteiger partial charge in [-0.3, -0.25) is 4.90 Å². The van der Waals surface area contributed by atoms with E-state index in [0.717, 1.165) is 0 Å². The van der Waals surface area contributed by atoms with Crippen LogP contribution in [-0.2, 0) is 9.84 Å². The molecule has 1 aliphatic rings. The summed E-state index contributed by atoms with van der Waals surface area (Å²) in [6.07, 6.45) is 0.715. The number of nitrogens with two attached hydrogens (primary N) is 1. The normalized spacial score (nSPS) is 25.6. The summed E-state index contributed by atoms with van der Waals surface area (Å²) >= 11 is 1.74. The Morgan fingerprint density at radius 2 is 2.16 bits per heavy atom. The molecular weight excluding hydrogens is 280 g/mol. The van der Waals surface area contributed by atoms with Crippen LogP contribution in [0.25, 0.3) is 0 Å². The minimum atomic E-state index is -2.86. The second kappa shape index (κ2) is 5.52. The first-order chi connectivity index (χ1) is 8.80. The van der Waals surface area contributed by atoms with Gasteiger partial charge in [-0.25, -0.2) is 8.42 Å².